The van der Waals surface area contributed by atoms with Crippen LogP contribution in [-0.2, 0) is 6.54 Å². The number of nitrogens with zero attached hydrogens (tertiary/aromatic N) is 1. The molecule has 1 aromatic carbocycles. The molecule has 0 saturated heterocycles. The van der Waals surface area contributed by atoms with Crippen LogP contribution in [0.1, 0.15) is 26.4 Å². The molecule has 0 atom stereocenters. The van der Waals surface area contributed by atoms with E-state index >= 15 is 0 Å². The maximum absolute atomic E-state index is 11.0. The summed E-state index contributed by atoms with van der Waals surface area (Å²) in [5, 5.41) is 11.8. The Bertz CT molecular complexity index is 638. The number of hydrogen-bond acceptors (Lipinski definition) is 4. The minimum Gasteiger partial charge on any atom is -0.478 e. The third-order valence-corrected chi connectivity index (χ3v) is 2.68. The number of carbonyl (C=O) groups excluding carboxylic acids is 1. The normalized spacial score (nSPS) is 10.0. The lowest BCUT2D eigenvalue weighted by Gasteiger charge is -2.06. The SMILES string of the molecule is NC(=O)c1cccc(NCc2ccc(C(=O)O)cc2)n1. The third kappa shape index (κ3) is 3.32. The van der Waals surface area contributed by atoms with E-state index in [1.165, 1.54) is 18.2 Å². The molecule has 0 aliphatic heterocycles. The molecule has 0 bridgehead atoms. The Morgan fingerprint density at radius 3 is 2.45 bits per heavy atom. The fourth-order valence-electron chi connectivity index (χ4n) is 1.63. The topological polar surface area (TPSA) is 105 Å². The van der Waals surface area contributed by atoms with Crippen LogP contribution in [0.25, 0.3) is 0 Å². The van der Waals surface area contributed by atoms with Crippen molar-refractivity contribution in [2.24, 2.45) is 5.73 Å². The largest absolute Gasteiger partial charge is 0.478 e. The molecule has 0 unspecified atom stereocenters. The average molecular weight is 271 g/mol. The van der Waals surface area contributed by atoms with Gasteiger partial charge in [-0.3, -0.25) is 4.79 Å². The van der Waals surface area contributed by atoms with Gasteiger partial charge in [-0.1, -0.05) is 18.2 Å². The molecule has 0 fully saturated rings. The molecule has 102 valence electrons. The molecule has 6 nitrogen and oxygen atoms in total. The van der Waals surface area contributed by atoms with Crippen molar-refractivity contribution < 1.29 is 14.7 Å². The Morgan fingerprint density at radius 1 is 1.15 bits per heavy atom. The number of aromatic nitrogens is 1. The van der Waals surface area contributed by atoms with Crippen LogP contribution in [0.3, 0.4) is 0 Å². The second-order valence-corrected chi connectivity index (χ2v) is 4.13. The summed E-state index contributed by atoms with van der Waals surface area (Å²) in [5.74, 6) is -1.01. The van der Waals surface area contributed by atoms with Crippen molar-refractivity contribution in [1.29, 1.82) is 0 Å². The fourth-order valence-corrected chi connectivity index (χ4v) is 1.63. The van der Waals surface area contributed by atoms with Crippen molar-refractivity contribution >= 4 is 17.7 Å². The first-order chi connectivity index (χ1) is 9.56. The standard InChI is InChI=1S/C14H13N3O3/c15-13(18)11-2-1-3-12(17-11)16-8-9-4-6-10(7-5-9)14(19)20/h1-7H,8H2,(H2,15,18)(H,16,17)(H,19,20). The number of carbonyl (C=O) groups is 2. The number of pyridine rings is 1. The summed E-state index contributed by atoms with van der Waals surface area (Å²) in [6.45, 7) is 0.467. The van der Waals surface area contributed by atoms with Crippen LogP contribution in [0.4, 0.5) is 5.82 Å². The zero-order chi connectivity index (χ0) is 14.5. The molecule has 0 saturated carbocycles. The number of rotatable bonds is 5. The van der Waals surface area contributed by atoms with Crippen LogP contribution in [0.2, 0.25) is 0 Å². The fraction of sp³-hybridized carbons (Fsp3) is 0.0714. The minimum absolute atomic E-state index is 0.191. The molecule has 1 amide bonds. The summed E-state index contributed by atoms with van der Waals surface area (Å²) in [4.78, 5) is 25.8. The predicted octanol–water partition coefficient (Wildman–Crippen LogP) is 1.49. The molecule has 1 heterocycles. The van der Waals surface area contributed by atoms with Gasteiger partial charge in [0.2, 0.25) is 0 Å². The highest BCUT2D eigenvalue weighted by Crippen LogP contribution is 2.09. The number of primary amides is 1. The van der Waals surface area contributed by atoms with E-state index in [2.05, 4.69) is 10.3 Å². The molecule has 0 spiro atoms. The maximum atomic E-state index is 11.0. The highest BCUT2D eigenvalue weighted by Gasteiger charge is 2.04. The van der Waals surface area contributed by atoms with Crippen molar-refractivity contribution in [3.8, 4) is 0 Å². The molecule has 0 aliphatic carbocycles. The Balaban J connectivity index is 2.03. The molecule has 20 heavy (non-hydrogen) atoms. The summed E-state index contributed by atoms with van der Waals surface area (Å²) >= 11 is 0. The van der Waals surface area contributed by atoms with E-state index in [1.54, 1.807) is 24.3 Å². The van der Waals surface area contributed by atoms with E-state index in [-0.39, 0.29) is 11.3 Å². The van der Waals surface area contributed by atoms with Gasteiger partial charge in [0.25, 0.3) is 5.91 Å². The highest BCUT2D eigenvalue weighted by molar-refractivity contribution is 5.91. The average Bonchev–Trinajstić information content (AvgIpc) is 2.46. The Morgan fingerprint density at radius 2 is 1.85 bits per heavy atom. The van der Waals surface area contributed by atoms with Gasteiger partial charge in [-0.05, 0) is 29.8 Å². The molecule has 0 radical (unpaired) electrons. The molecule has 2 aromatic rings. The Hall–Kier alpha value is -2.89. The first-order valence-corrected chi connectivity index (χ1v) is 5.89. The van der Waals surface area contributed by atoms with Crippen LogP contribution in [0.15, 0.2) is 42.5 Å². The molecular weight excluding hydrogens is 258 g/mol. The van der Waals surface area contributed by atoms with Crippen molar-refractivity contribution in [3.05, 3.63) is 59.3 Å². The van der Waals surface area contributed by atoms with Crippen LogP contribution in [-0.4, -0.2) is 22.0 Å². The third-order valence-electron chi connectivity index (χ3n) is 2.68. The lowest BCUT2D eigenvalue weighted by Crippen LogP contribution is -2.14. The van der Waals surface area contributed by atoms with Crippen LogP contribution >= 0.6 is 0 Å². The monoisotopic (exact) mass is 271 g/mol. The number of nitrogens with two attached hydrogens (primary N) is 1. The van der Waals surface area contributed by atoms with Gasteiger partial charge in [-0.15, -0.1) is 0 Å². The quantitative estimate of drug-likeness (QED) is 0.764. The van der Waals surface area contributed by atoms with Crippen molar-refractivity contribution in [1.82, 2.24) is 4.98 Å². The number of hydrogen-bond donors (Lipinski definition) is 3. The molecule has 2 rings (SSSR count). The van der Waals surface area contributed by atoms with Crippen molar-refractivity contribution in [2.45, 2.75) is 6.54 Å². The summed E-state index contributed by atoms with van der Waals surface area (Å²) in [7, 11) is 0. The minimum atomic E-state index is -0.958. The van der Waals surface area contributed by atoms with Crippen molar-refractivity contribution in [3.63, 3.8) is 0 Å². The van der Waals surface area contributed by atoms with E-state index in [0.717, 1.165) is 5.56 Å². The summed E-state index contributed by atoms with van der Waals surface area (Å²) in [5.41, 5.74) is 6.48. The van der Waals surface area contributed by atoms with E-state index in [0.29, 0.717) is 12.4 Å². The highest BCUT2D eigenvalue weighted by atomic mass is 16.4. The zero-order valence-corrected chi connectivity index (χ0v) is 10.5. The summed E-state index contributed by atoms with van der Waals surface area (Å²) in [6.07, 6.45) is 0. The van der Waals surface area contributed by atoms with Gasteiger partial charge in [0.05, 0.1) is 5.56 Å². The Kier molecular flexibility index (Phi) is 3.95. The first-order valence-electron chi connectivity index (χ1n) is 5.89. The van der Waals surface area contributed by atoms with Gasteiger partial charge in [-0.25, -0.2) is 9.78 Å². The first kappa shape index (κ1) is 13.5. The van der Waals surface area contributed by atoms with Gasteiger partial charge in [0.15, 0.2) is 0 Å². The van der Waals surface area contributed by atoms with Crippen LogP contribution < -0.4 is 11.1 Å². The summed E-state index contributed by atoms with van der Waals surface area (Å²) in [6, 6.07) is 11.4. The molecular formula is C14H13N3O3. The predicted molar refractivity (Wildman–Crippen MR) is 73.5 cm³/mol. The number of carboxylic acids is 1. The number of anilines is 1. The summed E-state index contributed by atoms with van der Waals surface area (Å²) < 4.78 is 0. The smallest absolute Gasteiger partial charge is 0.335 e. The van der Waals surface area contributed by atoms with Crippen LogP contribution in [0.5, 0.6) is 0 Å². The molecule has 6 heteroatoms. The van der Waals surface area contributed by atoms with E-state index < -0.39 is 11.9 Å². The van der Waals surface area contributed by atoms with Gasteiger partial charge in [-0.2, -0.15) is 0 Å². The van der Waals surface area contributed by atoms with E-state index in [4.69, 9.17) is 10.8 Å². The lowest BCUT2D eigenvalue weighted by atomic mass is 10.1. The van der Waals surface area contributed by atoms with Crippen LogP contribution in [0, 0.1) is 0 Å². The number of benzene rings is 1. The molecule has 1 aromatic heterocycles. The Labute approximate surface area is 115 Å². The van der Waals surface area contributed by atoms with Gasteiger partial charge in [0.1, 0.15) is 11.5 Å². The van der Waals surface area contributed by atoms with Crippen molar-refractivity contribution in [2.75, 3.05) is 5.32 Å². The van der Waals surface area contributed by atoms with Gasteiger partial charge >= 0.3 is 5.97 Å². The van der Waals surface area contributed by atoms with Gasteiger partial charge in [0, 0.05) is 6.54 Å². The van der Waals surface area contributed by atoms with Gasteiger partial charge < -0.3 is 16.2 Å². The number of amides is 1. The number of nitrogens with one attached hydrogen (secondary N) is 1. The lowest BCUT2D eigenvalue weighted by molar-refractivity contribution is 0.0696. The zero-order valence-electron chi connectivity index (χ0n) is 10.5. The second kappa shape index (κ2) is 5.83. The maximum Gasteiger partial charge on any atom is 0.335 e. The van der Waals surface area contributed by atoms with E-state index in [1.807, 2.05) is 0 Å². The van der Waals surface area contributed by atoms with E-state index in [9.17, 15) is 9.59 Å². The molecule has 4 N–H and O–H groups in total. The number of aromatic carboxylic acids is 1. The second-order valence-electron chi connectivity index (χ2n) is 4.13. The number of carboxylic acid groups (broad SMARTS) is 1. The molecule has 0 aliphatic rings.